The third kappa shape index (κ3) is 3.07. The van der Waals surface area contributed by atoms with Gasteiger partial charge in [0, 0.05) is 29.4 Å². The molecule has 1 aliphatic rings. The number of aromatic nitrogens is 3. The van der Waals surface area contributed by atoms with Gasteiger partial charge in [-0.2, -0.15) is 4.98 Å². The van der Waals surface area contributed by atoms with Gasteiger partial charge in [0.25, 0.3) is 0 Å². The molecule has 2 amide bonds. The highest BCUT2D eigenvalue weighted by Crippen LogP contribution is 2.29. The van der Waals surface area contributed by atoms with Crippen LogP contribution in [-0.4, -0.2) is 38.1 Å². The Hall–Kier alpha value is -2.41. The van der Waals surface area contributed by atoms with Crippen LogP contribution in [0.4, 0.5) is 4.79 Å². The number of rotatable bonds is 3. The lowest BCUT2D eigenvalue weighted by Crippen LogP contribution is -2.45. The highest BCUT2D eigenvalue weighted by Gasteiger charge is 2.26. The second-order valence-electron chi connectivity index (χ2n) is 6.90. The van der Waals surface area contributed by atoms with E-state index >= 15 is 0 Å². The van der Waals surface area contributed by atoms with Crippen LogP contribution in [0.15, 0.2) is 24.3 Å². The molecular weight excluding hydrogens is 346 g/mol. The summed E-state index contributed by atoms with van der Waals surface area (Å²) >= 11 is 1.63. The number of thiazole rings is 1. The minimum Gasteiger partial charge on any atom is -0.336 e. The number of aryl methyl sites for hydroxylation is 1. The van der Waals surface area contributed by atoms with Crippen LogP contribution in [-0.2, 0) is 13.0 Å². The largest absolute Gasteiger partial charge is 0.336 e. The van der Waals surface area contributed by atoms with Crippen LogP contribution in [0.1, 0.15) is 36.4 Å². The zero-order chi connectivity index (χ0) is 18.3. The first-order valence-corrected chi connectivity index (χ1v) is 9.86. The Bertz CT molecular complexity index is 943. The molecule has 0 fully saturated rings. The normalized spacial score (nSPS) is 15.1. The number of hydrogen-bond acceptors (Lipinski definition) is 4. The summed E-state index contributed by atoms with van der Waals surface area (Å²) in [6.07, 6.45) is 1.74. The van der Waals surface area contributed by atoms with Crippen molar-refractivity contribution in [2.24, 2.45) is 0 Å². The smallest absolute Gasteiger partial charge is 0.317 e. The lowest BCUT2D eigenvalue weighted by molar-refractivity contribution is 0.189. The van der Waals surface area contributed by atoms with E-state index in [1.54, 1.807) is 11.3 Å². The summed E-state index contributed by atoms with van der Waals surface area (Å²) in [5.74, 6) is 0.760. The third-order valence-corrected chi connectivity index (χ3v) is 5.96. The fraction of sp³-hybridized carbons (Fsp3) is 0.421. The van der Waals surface area contributed by atoms with E-state index in [-0.39, 0.29) is 12.1 Å². The van der Waals surface area contributed by atoms with Gasteiger partial charge in [-0.05, 0) is 20.3 Å². The Labute approximate surface area is 156 Å². The molecule has 3 aromatic rings. The molecule has 3 heterocycles. The predicted molar refractivity (Wildman–Crippen MR) is 103 cm³/mol. The first-order valence-electron chi connectivity index (χ1n) is 9.05. The van der Waals surface area contributed by atoms with Crippen LogP contribution in [0.3, 0.4) is 0 Å². The van der Waals surface area contributed by atoms with Crippen molar-refractivity contribution in [2.75, 3.05) is 6.54 Å². The maximum Gasteiger partial charge on any atom is 0.317 e. The van der Waals surface area contributed by atoms with E-state index in [0.717, 1.165) is 29.2 Å². The number of carbonyl (C=O) groups excluding carboxylic acids is 1. The second-order valence-corrected chi connectivity index (χ2v) is 7.96. The monoisotopic (exact) mass is 369 g/mol. The number of carbonyl (C=O) groups is 1. The van der Waals surface area contributed by atoms with E-state index in [1.165, 1.54) is 16.1 Å². The maximum absolute atomic E-state index is 12.4. The standard InChI is InChI=1S/C19H23N5OS/c1-4-13(3)20-18(25)23-10-9-15-16(11-23)26-19-21-17(22-24(15)19)14-7-5-12(2)6-8-14/h5-8,13H,4,9-11H2,1-3H3,(H,20,25). The molecule has 1 aromatic carbocycles. The van der Waals surface area contributed by atoms with Gasteiger partial charge in [-0.1, -0.05) is 48.1 Å². The molecule has 6 nitrogen and oxygen atoms in total. The number of benzene rings is 1. The second kappa shape index (κ2) is 6.72. The molecule has 1 atom stereocenters. The van der Waals surface area contributed by atoms with Crippen LogP contribution in [0.5, 0.6) is 0 Å². The number of urea groups is 1. The number of nitrogens with zero attached hydrogens (tertiary/aromatic N) is 4. The van der Waals surface area contributed by atoms with E-state index in [4.69, 9.17) is 10.1 Å². The Morgan fingerprint density at radius 3 is 2.85 bits per heavy atom. The summed E-state index contributed by atoms with van der Waals surface area (Å²) in [6.45, 7) is 7.52. The van der Waals surface area contributed by atoms with Crippen LogP contribution >= 0.6 is 11.3 Å². The average molecular weight is 369 g/mol. The summed E-state index contributed by atoms with van der Waals surface area (Å²) in [6, 6.07) is 8.49. The first-order chi connectivity index (χ1) is 12.5. The first kappa shape index (κ1) is 17.0. The summed E-state index contributed by atoms with van der Waals surface area (Å²) in [5, 5.41) is 7.76. The van der Waals surface area contributed by atoms with Crippen molar-refractivity contribution < 1.29 is 4.79 Å². The molecule has 26 heavy (non-hydrogen) atoms. The van der Waals surface area contributed by atoms with E-state index in [0.29, 0.717) is 13.1 Å². The lowest BCUT2D eigenvalue weighted by atomic mass is 10.1. The van der Waals surface area contributed by atoms with E-state index in [2.05, 4.69) is 43.4 Å². The van der Waals surface area contributed by atoms with Gasteiger partial charge in [0.05, 0.1) is 12.2 Å². The molecule has 1 N–H and O–H groups in total. The van der Waals surface area contributed by atoms with Crippen molar-refractivity contribution in [1.29, 1.82) is 0 Å². The van der Waals surface area contributed by atoms with Gasteiger partial charge in [0.1, 0.15) is 0 Å². The summed E-state index contributed by atoms with van der Waals surface area (Å²) in [4.78, 5) is 21.0. The summed E-state index contributed by atoms with van der Waals surface area (Å²) in [5.41, 5.74) is 3.44. The minimum atomic E-state index is 0.0179. The van der Waals surface area contributed by atoms with Crippen LogP contribution in [0, 0.1) is 6.92 Å². The molecule has 1 aliphatic heterocycles. The van der Waals surface area contributed by atoms with Gasteiger partial charge in [-0.15, -0.1) is 5.10 Å². The molecule has 0 bridgehead atoms. The van der Waals surface area contributed by atoms with Crippen molar-refractivity contribution in [2.45, 2.75) is 46.2 Å². The van der Waals surface area contributed by atoms with Crippen molar-refractivity contribution in [3.8, 4) is 11.4 Å². The molecule has 7 heteroatoms. The Morgan fingerprint density at radius 1 is 1.35 bits per heavy atom. The number of nitrogens with one attached hydrogen (secondary N) is 1. The van der Waals surface area contributed by atoms with Crippen LogP contribution in [0.25, 0.3) is 16.3 Å². The quantitative estimate of drug-likeness (QED) is 0.767. The number of fused-ring (bicyclic) bond motifs is 3. The zero-order valence-electron chi connectivity index (χ0n) is 15.3. The molecule has 2 aromatic heterocycles. The van der Waals surface area contributed by atoms with Gasteiger partial charge >= 0.3 is 6.03 Å². The fourth-order valence-corrected chi connectivity index (χ4v) is 4.21. The average Bonchev–Trinajstić information content (AvgIpc) is 3.19. The van der Waals surface area contributed by atoms with Crippen LogP contribution in [0.2, 0.25) is 0 Å². The maximum atomic E-state index is 12.4. The Balaban J connectivity index is 1.57. The minimum absolute atomic E-state index is 0.0179. The topological polar surface area (TPSA) is 62.5 Å². The molecular formula is C19H23N5OS. The molecule has 0 spiro atoms. The van der Waals surface area contributed by atoms with Gasteiger partial charge in [0.15, 0.2) is 5.82 Å². The number of hydrogen-bond donors (Lipinski definition) is 1. The van der Waals surface area contributed by atoms with Crippen molar-refractivity contribution in [1.82, 2.24) is 24.8 Å². The van der Waals surface area contributed by atoms with Crippen molar-refractivity contribution in [3.05, 3.63) is 40.4 Å². The van der Waals surface area contributed by atoms with E-state index in [1.807, 2.05) is 16.3 Å². The molecule has 136 valence electrons. The SMILES string of the molecule is CCC(C)NC(=O)N1CCc2c(sc3nc(-c4ccc(C)cc4)nn23)C1. The van der Waals surface area contributed by atoms with Gasteiger partial charge in [-0.25, -0.2) is 9.31 Å². The molecule has 0 radical (unpaired) electrons. The van der Waals surface area contributed by atoms with E-state index < -0.39 is 0 Å². The van der Waals surface area contributed by atoms with Gasteiger partial charge in [-0.3, -0.25) is 0 Å². The Kier molecular flexibility index (Phi) is 4.40. The molecule has 0 saturated heterocycles. The molecule has 1 unspecified atom stereocenters. The van der Waals surface area contributed by atoms with Crippen molar-refractivity contribution in [3.63, 3.8) is 0 Å². The highest BCUT2D eigenvalue weighted by molar-refractivity contribution is 7.17. The Morgan fingerprint density at radius 2 is 2.12 bits per heavy atom. The van der Waals surface area contributed by atoms with E-state index in [9.17, 15) is 4.79 Å². The lowest BCUT2D eigenvalue weighted by Gasteiger charge is -2.28. The van der Waals surface area contributed by atoms with Crippen LogP contribution < -0.4 is 5.32 Å². The molecule has 4 rings (SSSR count). The van der Waals surface area contributed by atoms with Gasteiger partial charge in [0.2, 0.25) is 4.96 Å². The zero-order valence-corrected chi connectivity index (χ0v) is 16.1. The molecule has 0 saturated carbocycles. The van der Waals surface area contributed by atoms with Crippen molar-refractivity contribution >= 4 is 22.3 Å². The summed E-state index contributed by atoms with van der Waals surface area (Å²) < 4.78 is 1.96. The summed E-state index contributed by atoms with van der Waals surface area (Å²) in [7, 11) is 0. The third-order valence-electron chi connectivity index (χ3n) is 4.90. The van der Waals surface area contributed by atoms with Gasteiger partial charge < -0.3 is 10.2 Å². The fourth-order valence-electron chi connectivity index (χ4n) is 3.09. The predicted octanol–water partition coefficient (Wildman–Crippen LogP) is 3.63. The number of amides is 2. The highest BCUT2D eigenvalue weighted by atomic mass is 32.1. The molecule has 0 aliphatic carbocycles.